The van der Waals surface area contributed by atoms with Crippen LogP contribution >= 0.6 is 34.8 Å². The number of hydrogen-bond donors (Lipinski definition) is 6. The van der Waals surface area contributed by atoms with E-state index in [0.717, 1.165) is 67.6 Å². The van der Waals surface area contributed by atoms with Gasteiger partial charge in [-0.05, 0) is 187 Å². The van der Waals surface area contributed by atoms with Gasteiger partial charge in [-0.3, -0.25) is 39.5 Å². The Labute approximate surface area is 662 Å². The van der Waals surface area contributed by atoms with Gasteiger partial charge in [-0.1, -0.05) is 23.2 Å². The molecule has 0 bridgehead atoms. The highest BCUT2D eigenvalue weighted by molar-refractivity contribution is 7.91. The number of aryl methyl sites for hydroxylation is 3. The molecule has 1 aliphatic rings. The Bertz CT molecular complexity index is 6490. The minimum Gasteiger partial charge on any atom is -0.465 e. The summed E-state index contributed by atoms with van der Waals surface area (Å²) in [5, 5.41) is 13.0. The maximum absolute atomic E-state index is 14.5. The monoisotopic (exact) mass is 1640 g/mol. The number of ether oxygens (including phenoxy) is 1. The summed E-state index contributed by atoms with van der Waals surface area (Å²) in [6.45, 7) is 6.39. The number of rotatable bonds is 17. The molecule has 9 heterocycles. The zero-order valence-electron chi connectivity index (χ0n) is 61.6. The second-order valence-electron chi connectivity index (χ2n) is 27.2. The molecule has 0 spiro atoms. The molecule has 0 saturated heterocycles. The van der Waals surface area contributed by atoms with Crippen molar-refractivity contribution >= 4 is 142 Å². The Morgan fingerprint density at radius 3 is 1.27 bits per heavy atom. The fourth-order valence-corrected chi connectivity index (χ4v) is 16.2. The number of carbonyl (C=O) groups excluding carboxylic acids is 3. The van der Waals surface area contributed by atoms with Gasteiger partial charge in [0.05, 0.1) is 59.3 Å². The van der Waals surface area contributed by atoms with E-state index in [-0.39, 0.29) is 51.4 Å². The number of hydrogen-bond acceptors (Lipinski definition) is 18. The minimum absolute atomic E-state index is 0.00789. The molecule has 0 aliphatic carbocycles. The van der Waals surface area contributed by atoms with Gasteiger partial charge >= 0.3 is 5.97 Å². The molecule has 1 aliphatic heterocycles. The van der Waals surface area contributed by atoms with E-state index in [1.165, 1.54) is 50.2 Å². The fraction of sp³-hybridized carbons (Fsp3) is 0.183. The van der Waals surface area contributed by atoms with E-state index < -0.39 is 53.0 Å². The molecule has 7 N–H and O–H groups in total. The Hall–Kier alpha value is -11.2. The first-order valence-electron chi connectivity index (χ1n) is 34.7. The number of sulfone groups is 3. The van der Waals surface area contributed by atoms with E-state index in [0.29, 0.717) is 130 Å². The molecule has 31 heteroatoms. The number of amides is 2. The van der Waals surface area contributed by atoms with Crippen molar-refractivity contribution < 1.29 is 57.5 Å². The summed E-state index contributed by atoms with van der Waals surface area (Å²) in [6.07, 6.45) is 17.2. The van der Waals surface area contributed by atoms with Crippen molar-refractivity contribution in [2.24, 2.45) is 5.73 Å². The Morgan fingerprint density at radius 1 is 0.504 bits per heavy atom. The number of aromatic amines is 2. The molecule has 2 amide bonds. The number of aromatic nitrogens is 8. The van der Waals surface area contributed by atoms with Crippen molar-refractivity contribution in [1.29, 1.82) is 0 Å². The van der Waals surface area contributed by atoms with Crippen molar-refractivity contribution in [2.45, 2.75) is 79.7 Å². The highest BCUT2D eigenvalue weighted by Crippen LogP contribution is 2.37. The van der Waals surface area contributed by atoms with Crippen LogP contribution in [0.2, 0.25) is 10.0 Å². The van der Waals surface area contributed by atoms with Crippen LogP contribution in [0.5, 0.6) is 0 Å². The summed E-state index contributed by atoms with van der Waals surface area (Å²) in [5.41, 5.74) is 18.5. The fourth-order valence-electron chi connectivity index (χ4n) is 12.8. The van der Waals surface area contributed by atoms with Gasteiger partial charge in [-0.15, -0.1) is 11.6 Å². The first-order valence-corrected chi connectivity index (χ1v) is 41.6. The topological polar surface area (TPSA) is 334 Å². The number of halogens is 6. The number of methoxy groups -OCH3 is 1. The number of esters is 1. The molecule has 0 saturated carbocycles. The first-order chi connectivity index (χ1) is 53.7. The molecule has 22 nitrogen and oxygen atoms in total. The predicted octanol–water partition coefficient (Wildman–Crippen LogP) is 15.0. The number of H-pyrrole nitrogens is 2. The Balaban J connectivity index is 0.000000147. The summed E-state index contributed by atoms with van der Waals surface area (Å²) < 4.78 is 121. The van der Waals surface area contributed by atoms with Gasteiger partial charge in [0.1, 0.15) is 17.5 Å². The van der Waals surface area contributed by atoms with Gasteiger partial charge in [0.2, 0.25) is 0 Å². The van der Waals surface area contributed by atoms with Gasteiger partial charge in [-0.2, -0.15) is 0 Å². The van der Waals surface area contributed by atoms with Gasteiger partial charge < -0.3 is 36.4 Å². The summed E-state index contributed by atoms with van der Waals surface area (Å²) in [4.78, 5) is 69.5. The van der Waals surface area contributed by atoms with Gasteiger partial charge in [0, 0.05) is 202 Å². The summed E-state index contributed by atoms with van der Waals surface area (Å²) in [6, 6.07) is 34.9. The standard InChI is InChI=1S/C27H24ClFN4O3S.C27H22ClFN4O3S.C19H18N2O4S.C9H8ClFN2/c2*1-15-5-18-6-16(8-25(37(2,35)36)26(18)32-12-15)7-20-9-17(3-4-30-20)27(34)33-13-19-10-21-22(28)14-31-24(21)11-23(19)29;1-12-6-15-7-13(9-17(26(3,23)24)18(15)21-11-12)8-16-10-14(4-5-20-16)19(22)25-2;10-7-4-13-9-2-8(11)5(3-12)1-6(7)9/h3-6,8-12,22,31H,7,13-14H2,1-2H3,(H,33,34);3-6,8-12,14,31H,7,13H2,1-2H3,(H,33,34);4-7,9-11H,8H2,1-3H3;1-2,4,13H,3,12H2. The normalized spacial score (nSPS) is 12.6. The third-order valence-corrected chi connectivity index (χ3v) is 22.7. The van der Waals surface area contributed by atoms with Crippen molar-refractivity contribution in [2.75, 3.05) is 37.7 Å². The van der Waals surface area contributed by atoms with Crippen molar-refractivity contribution in [3.63, 3.8) is 0 Å². The maximum Gasteiger partial charge on any atom is 0.337 e. The molecule has 15 rings (SSSR count). The molecule has 6 aromatic carbocycles. The lowest BCUT2D eigenvalue weighted by Crippen LogP contribution is -2.23. The highest BCUT2D eigenvalue weighted by atomic mass is 35.5. The van der Waals surface area contributed by atoms with Crippen LogP contribution in [0.15, 0.2) is 192 Å². The SMILES string of the molecule is COC(=O)c1ccnc(Cc2cc(S(C)(=O)=O)c3ncc(C)cc3c2)c1.Cc1cnc2c(S(C)(=O)=O)cc(Cc3cc(C(=O)NCc4cc5c(Cl)c[nH]c5cc4F)ccn3)cc2c1.Cc1cnc2c(S(C)(=O)=O)cc(Cc3cc(C(=O)NCc4cc5c(cc4F)NCC5Cl)ccn3)cc2c1.NCc1cc2c(Cl)c[nH]c2cc1F. The molecule has 0 fully saturated rings. The number of nitrogens with two attached hydrogens (primary N) is 1. The van der Waals surface area contributed by atoms with Gasteiger partial charge in [0.25, 0.3) is 11.8 Å². The van der Waals surface area contributed by atoms with Crippen molar-refractivity contribution in [3.05, 3.63) is 294 Å². The number of pyridine rings is 6. The van der Waals surface area contributed by atoms with Crippen LogP contribution in [-0.4, -0.2) is 115 Å². The van der Waals surface area contributed by atoms with E-state index >= 15 is 0 Å². The number of fused-ring (bicyclic) bond motifs is 6. The van der Waals surface area contributed by atoms with Crippen LogP contribution in [0, 0.1) is 38.2 Å². The lowest BCUT2D eigenvalue weighted by molar-refractivity contribution is 0.0600. The second-order valence-corrected chi connectivity index (χ2v) is 34.5. The molecular formula is C82H72Cl3F3N12O10S3. The highest BCUT2D eigenvalue weighted by Gasteiger charge is 2.25. The lowest BCUT2D eigenvalue weighted by Gasteiger charge is -2.11. The summed E-state index contributed by atoms with van der Waals surface area (Å²) in [5.74, 6) is -2.38. The van der Waals surface area contributed by atoms with E-state index in [1.807, 2.05) is 57.2 Å². The zero-order valence-corrected chi connectivity index (χ0v) is 66.3. The Kier molecular flexibility index (Phi) is 24.4. The summed E-state index contributed by atoms with van der Waals surface area (Å²) >= 11 is 18.3. The Morgan fingerprint density at radius 2 is 0.876 bits per heavy atom. The predicted molar refractivity (Wildman–Crippen MR) is 431 cm³/mol. The lowest BCUT2D eigenvalue weighted by atomic mass is 10.0. The quantitative estimate of drug-likeness (QED) is 0.0364. The first kappa shape index (κ1) is 81.3. The second kappa shape index (κ2) is 34.0. The third kappa shape index (κ3) is 19.5. The molecule has 1 atom stereocenters. The van der Waals surface area contributed by atoms with E-state index in [1.54, 1.807) is 104 Å². The molecule has 113 heavy (non-hydrogen) atoms. The largest absolute Gasteiger partial charge is 0.465 e. The molecule has 1 unspecified atom stereocenters. The van der Waals surface area contributed by atoms with Crippen molar-refractivity contribution in [1.82, 2.24) is 50.5 Å². The van der Waals surface area contributed by atoms with E-state index in [9.17, 15) is 52.8 Å². The van der Waals surface area contributed by atoms with Crippen molar-refractivity contribution in [3.8, 4) is 0 Å². The molecule has 8 aromatic heterocycles. The number of nitrogens with one attached hydrogen (secondary N) is 5. The van der Waals surface area contributed by atoms with E-state index in [2.05, 4.69) is 55.8 Å². The minimum atomic E-state index is -3.52. The van der Waals surface area contributed by atoms with Crippen LogP contribution in [0.4, 0.5) is 18.9 Å². The van der Waals surface area contributed by atoms with Gasteiger partial charge in [-0.25, -0.2) is 43.2 Å². The third-order valence-electron chi connectivity index (χ3n) is 18.3. The molecule has 580 valence electrons. The molecular weight excluding hydrogens is 1570 g/mol. The number of alkyl halides is 1. The number of benzene rings is 6. The van der Waals surface area contributed by atoms with Crippen LogP contribution < -0.4 is 21.7 Å². The van der Waals surface area contributed by atoms with Crippen LogP contribution in [0.1, 0.15) is 109 Å². The smallest absolute Gasteiger partial charge is 0.337 e. The van der Waals surface area contributed by atoms with Crippen LogP contribution in [0.25, 0.3) is 54.5 Å². The average molecular weight is 1650 g/mol. The molecule has 14 aromatic rings. The summed E-state index contributed by atoms with van der Waals surface area (Å²) in [7, 11) is -9.15. The number of anilines is 1. The number of nitrogens with zero attached hydrogens (tertiary/aromatic N) is 6. The van der Waals surface area contributed by atoms with Crippen LogP contribution in [-0.2, 0) is 73.1 Å². The van der Waals surface area contributed by atoms with Crippen LogP contribution in [0.3, 0.4) is 0 Å². The zero-order chi connectivity index (χ0) is 81.0. The van der Waals surface area contributed by atoms with Gasteiger partial charge in [0.15, 0.2) is 29.5 Å². The molecule has 0 radical (unpaired) electrons. The average Bonchev–Trinajstić information content (AvgIpc) is 1.69. The van der Waals surface area contributed by atoms with E-state index in [4.69, 9.17) is 45.3 Å². The number of carbonyl (C=O) groups is 3. The maximum atomic E-state index is 14.5.